The zero-order valence-corrected chi connectivity index (χ0v) is 18.7. The van der Waals surface area contributed by atoms with Crippen LogP contribution in [0.1, 0.15) is 12.0 Å². The number of amides is 1. The van der Waals surface area contributed by atoms with Gasteiger partial charge >= 0.3 is 0 Å². The van der Waals surface area contributed by atoms with Gasteiger partial charge in [0.1, 0.15) is 22.4 Å². The van der Waals surface area contributed by atoms with Crippen molar-refractivity contribution in [3.63, 3.8) is 0 Å². The van der Waals surface area contributed by atoms with E-state index >= 15 is 0 Å². The molecule has 0 radical (unpaired) electrons. The molecule has 2 aromatic carbocycles. The molecule has 2 aliphatic rings. The number of benzene rings is 2. The molecule has 1 unspecified atom stereocenters. The van der Waals surface area contributed by atoms with Crippen LogP contribution in [-0.4, -0.2) is 49.2 Å². The highest BCUT2D eigenvalue weighted by molar-refractivity contribution is 7.89. The molecule has 1 aromatic heterocycles. The van der Waals surface area contributed by atoms with E-state index in [2.05, 4.69) is 10.3 Å². The molecule has 1 amide bonds. The average Bonchev–Trinajstić information content (AvgIpc) is 3.40. The highest BCUT2D eigenvalue weighted by Crippen LogP contribution is 2.38. The number of nitrogens with zero attached hydrogens (tertiary/aromatic N) is 2. The van der Waals surface area contributed by atoms with Crippen molar-refractivity contribution >= 4 is 43.2 Å². The number of carbonyl (C=O) groups excluding carboxylic acids is 1. The van der Waals surface area contributed by atoms with Gasteiger partial charge in [0, 0.05) is 24.7 Å². The molecule has 3 aromatic rings. The maximum atomic E-state index is 15.0. The molecule has 0 aliphatic carbocycles. The molecule has 3 heterocycles. The molecule has 0 spiro atoms. The second-order valence-electron chi connectivity index (χ2n) is 7.95. The molecule has 1 saturated heterocycles. The van der Waals surface area contributed by atoms with Gasteiger partial charge in [0.25, 0.3) is 5.92 Å². The Morgan fingerprint density at radius 2 is 2.09 bits per heavy atom. The second kappa shape index (κ2) is 7.96. The number of anilines is 1. The Morgan fingerprint density at radius 3 is 2.88 bits per heavy atom. The number of ether oxygens (including phenoxy) is 1. The van der Waals surface area contributed by atoms with Crippen molar-refractivity contribution < 1.29 is 31.1 Å². The van der Waals surface area contributed by atoms with Crippen LogP contribution in [0.3, 0.4) is 0 Å². The van der Waals surface area contributed by atoms with E-state index in [1.54, 1.807) is 23.7 Å². The Kier molecular flexibility index (Phi) is 5.33. The van der Waals surface area contributed by atoms with E-state index in [0.717, 1.165) is 16.8 Å². The van der Waals surface area contributed by atoms with E-state index in [1.165, 1.54) is 11.3 Å². The van der Waals surface area contributed by atoms with E-state index in [-0.39, 0.29) is 12.3 Å². The third-order valence-electron chi connectivity index (χ3n) is 5.84. The number of sulfonamides is 1. The standard InChI is InChI=1S/C21H18F3N3O4S2/c22-15-9-17-12(4-6-31-17)7-19(15)33(29,30)27-5-3-14(21(23,24)10-27)20(28)26-13-1-2-18-16(8-13)25-11-32-18/h1-2,7-9,11,14H,3-6,10H2,(H,26,28). The Hall–Kier alpha value is -2.70. The molecular formula is C21H18F3N3O4S2. The summed E-state index contributed by atoms with van der Waals surface area (Å²) in [6.07, 6.45) is -0.00406. The summed E-state index contributed by atoms with van der Waals surface area (Å²) in [5.74, 6) is -7.09. The Labute approximate surface area is 191 Å². The van der Waals surface area contributed by atoms with Gasteiger partial charge in [0.15, 0.2) is 0 Å². The first-order chi connectivity index (χ1) is 15.6. The maximum Gasteiger partial charge on any atom is 0.273 e. The third kappa shape index (κ3) is 3.96. The largest absolute Gasteiger partial charge is 0.493 e. The molecule has 0 saturated carbocycles. The van der Waals surface area contributed by atoms with Gasteiger partial charge in [0.05, 0.1) is 28.9 Å². The molecule has 7 nitrogen and oxygen atoms in total. The summed E-state index contributed by atoms with van der Waals surface area (Å²) in [6.45, 7) is -1.26. The van der Waals surface area contributed by atoms with Crippen molar-refractivity contribution in [2.45, 2.75) is 23.7 Å². The predicted molar refractivity (Wildman–Crippen MR) is 116 cm³/mol. The summed E-state index contributed by atoms with van der Waals surface area (Å²) in [7, 11) is -4.53. The summed E-state index contributed by atoms with van der Waals surface area (Å²) < 4.78 is 77.0. The highest BCUT2D eigenvalue weighted by atomic mass is 32.2. The predicted octanol–water partition coefficient (Wildman–Crippen LogP) is 3.65. The number of alkyl halides is 2. The lowest BCUT2D eigenvalue weighted by Gasteiger charge is -2.36. The zero-order valence-electron chi connectivity index (χ0n) is 17.1. The minimum absolute atomic E-state index is 0.253. The molecule has 174 valence electrons. The quantitative estimate of drug-likeness (QED) is 0.595. The van der Waals surface area contributed by atoms with Gasteiger partial charge in [0.2, 0.25) is 15.9 Å². The molecule has 1 N–H and O–H groups in total. The highest BCUT2D eigenvalue weighted by Gasteiger charge is 2.51. The van der Waals surface area contributed by atoms with Crippen molar-refractivity contribution in [2.24, 2.45) is 5.92 Å². The number of carbonyl (C=O) groups is 1. The fourth-order valence-electron chi connectivity index (χ4n) is 4.12. The molecule has 5 rings (SSSR count). The fourth-order valence-corrected chi connectivity index (χ4v) is 6.34. The molecule has 33 heavy (non-hydrogen) atoms. The van der Waals surface area contributed by atoms with Crippen molar-refractivity contribution in [1.29, 1.82) is 0 Å². The topological polar surface area (TPSA) is 88.6 Å². The Balaban J connectivity index is 1.34. The number of hydrogen-bond donors (Lipinski definition) is 1. The third-order valence-corrected chi connectivity index (χ3v) is 8.51. The second-order valence-corrected chi connectivity index (χ2v) is 10.7. The molecular weight excluding hydrogens is 479 g/mol. The number of nitrogens with one attached hydrogen (secondary N) is 1. The van der Waals surface area contributed by atoms with Crippen LogP contribution in [-0.2, 0) is 21.2 Å². The van der Waals surface area contributed by atoms with Crippen molar-refractivity contribution in [3.8, 4) is 5.75 Å². The number of thiazole rings is 1. The normalized spacial score (nSPS) is 20.4. The van der Waals surface area contributed by atoms with E-state index in [1.807, 2.05) is 0 Å². The summed E-state index contributed by atoms with van der Waals surface area (Å²) >= 11 is 1.41. The van der Waals surface area contributed by atoms with Crippen LogP contribution in [0.25, 0.3) is 10.2 Å². The minimum atomic E-state index is -4.53. The Morgan fingerprint density at radius 1 is 1.27 bits per heavy atom. The average molecular weight is 498 g/mol. The SMILES string of the molecule is O=C(Nc1ccc2scnc2c1)C1CCN(S(=O)(=O)c2cc3c(cc2F)OCC3)CC1(F)F. The van der Waals surface area contributed by atoms with Crippen molar-refractivity contribution in [1.82, 2.24) is 9.29 Å². The van der Waals surface area contributed by atoms with Crippen LogP contribution in [0, 0.1) is 11.7 Å². The number of hydrogen-bond acceptors (Lipinski definition) is 6. The van der Waals surface area contributed by atoms with Gasteiger partial charge < -0.3 is 10.1 Å². The van der Waals surface area contributed by atoms with E-state index in [0.29, 0.717) is 34.1 Å². The fraction of sp³-hybridized carbons (Fsp3) is 0.333. The number of halogens is 3. The molecule has 1 fully saturated rings. The van der Waals surface area contributed by atoms with Gasteiger partial charge in [-0.3, -0.25) is 4.79 Å². The molecule has 1 atom stereocenters. The summed E-state index contributed by atoms with van der Waals surface area (Å²) in [5, 5.41) is 2.48. The first-order valence-corrected chi connectivity index (χ1v) is 12.4. The maximum absolute atomic E-state index is 15.0. The van der Waals surface area contributed by atoms with Gasteiger partial charge in [-0.05, 0) is 36.2 Å². The molecule has 2 aliphatic heterocycles. The van der Waals surface area contributed by atoms with Gasteiger partial charge in [-0.1, -0.05) is 0 Å². The van der Waals surface area contributed by atoms with Crippen LogP contribution in [0.15, 0.2) is 40.7 Å². The Bertz CT molecular complexity index is 1360. The molecule has 12 heteroatoms. The monoisotopic (exact) mass is 497 g/mol. The smallest absolute Gasteiger partial charge is 0.273 e. The first-order valence-electron chi connectivity index (χ1n) is 10.1. The number of aromatic nitrogens is 1. The van der Waals surface area contributed by atoms with Crippen molar-refractivity contribution in [3.05, 3.63) is 47.2 Å². The summed E-state index contributed by atoms with van der Waals surface area (Å²) in [4.78, 5) is 16.1. The van der Waals surface area contributed by atoms with E-state index < -0.39 is 51.4 Å². The lowest BCUT2D eigenvalue weighted by molar-refractivity contribution is -0.141. The molecule has 0 bridgehead atoms. The number of fused-ring (bicyclic) bond motifs is 2. The van der Waals surface area contributed by atoms with Crippen LogP contribution in [0.2, 0.25) is 0 Å². The van der Waals surface area contributed by atoms with Crippen LogP contribution in [0.4, 0.5) is 18.9 Å². The van der Waals surface area contributed by atoms with E-state index in [4.69, 9.17) is 4.74 Å². The first kappa shape index (κ1) is 22.1. The number of rotatable bonds is 4. The van der Waals surface area contributed by atoms with E-state index in [9.17, 15) is 26.4 Å². The van der Waals surface area contributed by atoms with Gasteiger partial charge in [-0.25, -0.2) is 26.6 Å². The van der Waals surface area contributed by atoms with Crippen molar-refractivity contribution in [2.75, 3.05) is 25.0 Å². The zero-order chi connectivity index (χ0) is 23.4. The van der Waals surface area contributed by atoms with Crippen LogP contribution in [0.5, 0.6) is 5.75 Å². The lowest BCUT2D eigenvalue weighted by atomic mass is 9.93. The number of piperidine rings is 1. The van der Waals surface area contributed by atoms with Crippen LogP contribution >= 0.6 is 11.3 Å². The van der Waals surface area contributed by atoms with Crippen LogP contribution < -0.4 is 10.1 Å². The summed E-state index contributed by atoms with van der Waals surface area (Å²) in [5.41, 5.74) is 3.10. The minimum Gasteiger partial charge on any atom is -0.493 e. The lowest BCUT2D eigenvalue weighted by Crippen LogP contribution is -2.54. The van der Waals surface area contributed by atoms with Gasteiger partial charge in [-0.15, -0.1) is 11.3 Å². The van der Waals surface area contributed by atoms with Gasteiger partial charge in [-0.2, -0.15) is 4.31 Å². The summed E-state index contributed by atoms with van der Waals surface area (Å²) in [6, 6.07) is 7.01.